The maximum absolute atomic E-state index is 12.6. The van der Waals surface area contributed by atoms with E-state index >= 15 is 0 Å². The Bertz CT molecular complexity index is 1360. The molecule has 204 valence electrons. The normalized spacial score (nSPS) is 11.8. The lowest BCUT2D eigenvalue weighted by Gasteiger charge is -2.19. The summed E-state index contributed by atoms with van der Waals surface area (Å²) in [4.78, 5) is 25.1. The van der Waals surface area contributed by atoms with E-state index in [-0.39, 0.29) is 10.8 Å². The largest absolute Gasteiger partial charge is 0.423 e. The molecule has 0 unspecified atom stereocenters. The second-order valence-electron chi connectivity index (χ2n) is 11.9. The Labute approximate surface area is 237 Å². The molecule has 0 aromatic heterocycles. The molecule has 4 nitrogen and oxygen atoms in total. The molecule has 0 spiro atoms. The zero-order valence-electron chi connectivity index (χ0n) is 24.0. The van der Waals surface area contributed by atoms with Crippen LogP contribution in [0.5, 0.6) is 11.5 Å². The van der Waals surface area contributed by atoms with Crippen LogP contribution in [0.15, 0.2) is 97.1 Å². The summed E-state index contributed by atoms with van der Waals surface area (Å²) < 4.78 is 11.1. The Morgan fingerprint density at radius 2 is 0.775 bits per heavy atom. The van der Waals surface area contributed by atoms with E-state index in [0.29, 0.717) is 22.6 Å². The highest BCUT2D eigenvalue weighted by molar-refractivity contribution is 5.92. The predicted octanol–water partition coefficient (Wildman–Crippen LogP) is 8.89. The van der Waals surface area contributed by atoms with Gasteiger partial charge in [-0.25, -0.2) is 9.59 Å². The van der Waals surface area contributed by atoms with E-state index in [2.05, 4.69) is 41.5 Å². The highest BCUT2D eigenvalue weighted by atomic mass is 16.5. The Morgan fingerprint density at radius 1 is 0.475 bits per heavy atom. The fourth-order valence-corrected chi connectivity index (χ4v) is 4.03. The first-order valence-corrected chi connectivity index (χ1v) is 13.4. The van der Waals surface area contributed by atoms with Gasteiger partial charge in [0, 0.05) is 0 Å². The molecule has 0 fully saturated rings. The number of ether oxygens (including phenoxy) is 2. The van der Waals surface area contributed by atoms with Crippen LogP contribution < -0.4 is 9.47 Å². The van der Waals surface area contributed by atoms with E-state index in [9.17, 15) is 9.59 Å². The van der Waals surface area contributed by atoms with E-state index in [4.69, 9.17) is 9.47 Å². The molecule has 0 aliphatic rings. The van der Waals surface area contributed by atoms with E-state index < -0.39 is 11.9 Å². The van der Waals surface area contributed by atoms with Gasteiger partial charge in [-0.2, -0.15) is 0 Å². The minimum absolute atomic E-state index is 0.0408. The van der Waals surface area contributed by atoms with Crippen molar-refractivity contribution in [2.24, 2.45) is 0 Å². The Kier molecular flexibility index (Phi) is 8.39. The van der Waals surface area contributed by atoms with Crippen LogP contribution in [0.1, 0.15) is 84.5 Å². The van der Waals surface area contributed by atoms with Crippen molar-refractivity contribution in [3.05, 3.63) is 130 Å². The first kappa shape index (κ1) is 28.6. The Morgan fingerprint density at radius 3 is 1.05 bits per heavy atom. The van der Waals surface area contributed by atoms with Crippen LogP contribution >= 0.6 is 0 Å². The molecule has 0 heterocycles. The number of hydrogen-bond acceptors (Lipinski definition) is 4. The van der Waals surface area contributed by atoms with Crippen molar-refractivity contribution in [1.29, 1.82) is 0 Å². The van der Waals surface area contributed by atoms with Gasteiger partial charge in [-0.3, -0.25) is 0 Å². The molecule has 0 saturated carbocycles. The van der Waals surface area contributed by atoms with Gasteiger partial charge in [0.1, 0.15) is 11.5 Å². The maximum atomic E-state index is 12.6. The van der Waals surface area contributed by atoms with Crippen molar-refractivity contribution in [2.75, 3.05) is 0 Å². The monoisotopic (exact) mass is 532 g/mol. The van der Waals surface area contributed by atoms with Gasteiger partial charge in [0.2, 0.25) is 0 Å². The zero-order valence-corrected chi connectivity index (χ0v) is 24.0. The van der Waals surface area contributed by atoms with Crippen molar-refractivity contribution < 1.29 is 19.1 Å². The van der Waals surface area contributed by atoms with Crippen LogP contribution in [-0.2, 0) is 10.8 Å². The first-order chi connectivity index (χ1) is 18.9. The number of carbonyl (C=O) groups excluding carboxylic acids is 2. The minimum atomic E-state index is -0.397. The molecule has 0 saturated heterocycles. The SMILES string of the molecule is CC(C)(C)c1ccc(OC(=O)c2ccc(/C=C/c3ccc(C(=O)Oc4ccc(C(C)(C)C)cc4)cc3)cc2)cc1. The van der Waals surface area contributed by atoms with Gasteiger partial charge in [0.15, 0.2) is 0 Å². The van der Waals surface area contributed by atoms with Crippen molar-refractivity contribution in [2.45, 2.75) is 52.4 Å². The molecule has 4 heteroatoms. The molecule has 0 aliphatic carbocycles. The first-order valence-electron chi connectivity index (χ1n) is 13.4. The lowest BCUT2D eigenvalue weighted by Crippen LogP contribution is -2.11. The third-order valence-electron chi connectivity index (χ3n) is 6.62. The summed E-state index contributed by atoms with van der Waals surface area (Å²) in [5.74, 6) is 0.249. The van der Waals surface area contributed by atoms with Crippen molar-refractivity contribution >= 4 is 24.1 Å². The molecule has 0 amide bonds. The second-order valence-corrected chi connectivity index (χ2v) is 11.9. The summed E-state index contributed by atoms with van der Waals surface area (Å²) in [5, 5.41) is 0. The summed E-state index contributed by atoms with van der Waals surface area (Å²) >= 11 is 0. The van der Waals surface area contributed by atoms with E-state index in [1.807, 2.05) is 84.9 Å². The predicted molar refractivity (Wildman–Crippen MR) is 162 cm³/mol. The summed E-state index contributed by atoms with van der Waals surface area (Å²) in [5.41, 5.74) is 5.28. The van der Waals surface area contributed by atoms with Crippen molar-refractivity contribution in [1.82, 2.24) is 0 Å². The Hall–Kier alpha value is -4.44. The second kappa shape index (κ2) is 11.7. The quantitative estimate of drug-likeness (QED) is 0.141. The molecule has 4 rings (SSSR count). The maximum Gasteiger partial charge on any atom is 0.343 e. The van der Waals surface area contributed by atoms with Gasteiger partial charge in [0.05, 0.1) is 11.1 Å². The lowest BCUT2D eigenvalue weighted by atomic mass is 9.87. The van der Waals surface area contributed by atoms with Gasteiger partial charge in [-0.05, 0) is 81.6 Å². The minimum Gasteiger partial charge on any atom is -0.423 e. The molecular formula is C36H36O4. The van der Waals surface area contributed by atoms with Crippen LogP contribution in [0.3, 0.4) is 0 Å². The van der Waals surface area contributed by atoms with Gasteiger partial charge in [-0.15, -0.1) is 0 Å². The average Bonchev–Trinajstić information content (AvgIpc) is 2.92. The summed E-state index contributed by atoms with van der Waals surface area (Å²) in [6.45, 7) is 12.9. The molecule has 0 N–H and O–H groups in total. The van der Waals surface area contributed by atoms with E-state index in [1.165, 1.54) is 11.1 Å². The fourth-order valence-electron chi connectivity index (χ4n) is 4.03. The summed E-state index contributed by atoms with van der Waals surface area (Å²) in [6, 6.07) is 29.7. The molecule has 4 aromatic rings. The topological polar surface area (TPSA) is 52.6 Å². The van der Waals surface area contributed by atoms with Gasteiger partial charge >= 0.3 is 11.9 Å². The highest BCUT2D eigenvalue weighted by Gasteiger charge is 2.15. The van der Waals surface area contributed by atoms with Crippen LogP contribution in [0, 0.1) is 0 Å². The van der Waals surface area contributed by atoms with Crippen LogP contribution in [-0.4, -0.2) is 11.9 Å². The summed E-state index contributed by atoms with van der Waals surface area (Å²) in [7, 11) is 0. The zero-order chi connectivity index (χ0) is 28.9. The van der Waals surface area contributed by atoms with E-state index in [1.54, 1.807) is 24.3 Å². The molecule has 0 radical (unpaired) electrons. The number of esters is 2. The number of hydrogen-bond donors (Lipinski definition) is 0. The standard InChI is InChI=1S/C36H36O4/c1-35(2,3)29-17-21-31(22-18-29)39-33(37)27-13-9-25(10-14-27)7-8-26-11-15-28(16-12-26)34(38)40-32-23-19-30(20-24-32)36(4,5)6/h7-24H,1-6H3/b8-7+. The third kappa shape index (κ3) is 7.57. The molecular weight excluding hydrogens is 496 g/mol. The Balaban J connectivity index is 1.32. The van der Waals surface area contributed by atoms with Crippen LogP contribution in [0.4, 0.5) is 0 Å². The van der Waals surface area contributed by atoms with Gasteiger partial charge in [0.25, 0.3) is 0 Å². The molecule has 0 bridgehead atoms. The highest BCUT2D eigenvalue weighted by Crippen LogP contribution is 2.26. The number of benzene rings is 4. The average molecular weight is 533 g/mol. The smallest absolute Gasteiger partial charge is 0.343 e. The van der Waals surface area contributed by atoms with Crippen molar-refractivity contribution in [3.63, 3.8) is 0 Å². The van der Waals surface area contributed by atoms with Gasteiger partial charge < -0.3 is 9.47 Å². The van der Waals surface area contributed by atoms with E-state index in [0.717, 1.165) is 11.1 Å². The van der Waals surface area contributed by atoms with Crippen LogP contribution in [0.2, 0.25) is 0 Å². The molecule has 0 aliphatic heterocycles. The van der Waals surface area contributed by atoms with Crippen LogP contribution in [0.25, 0.3) is 12.2 Å². The van der Waals surface area contributed by atoms with Crippen molar-refractivity contribution in [3.8, 4) is 11.5 Å². The molecule has 4 aromatic carbocycles. The molecule has 40 heavy (non-hydrogen) atoms. The third-order valence-corrected chi connectivity index (χ3v) is 6.62. The summed E-state index contributed by atoms with van der Waals surface area (Å²) in [6.07, 6.45) is 3.90. The lowest BCUT2D eigenvalue weighted by molar-refractivity contribution is 0.0725. The molecule has 0 atom stereocenters. The number of rotatable bonds is 6. The fraction of sp³-hybridized carbons (Fsp3) is 0.222. The van der Waals surface area contributed by atoms with Gasteiger partial charge in [-0.1, -0.05) is 102 Å². The number of carbonyl (C=O) groups is 2.